The summed E-state index contributed by atoms with van der Waals surface area (Å²) in [6.07, 6.45) is 0.0242. The number of nitriles is 1. The third kappa shape index (κ3) is 5.38. The smallest absolute Gasteiger partial charge is 0.164 e. The van der Waals surface area contributed by atoms with Gasteiger partial charge in [-0.15, -0.1) is 0 Å². The molecule has 0 saturated carbocycles. The molecule has 0 amide bonds. The summed E-state index contributed by atoms with van der Waals surface area (Å²) in [5, 5.41) is 9.69. The van der Waals surface area contributed by atoms with Crippen molar-refractivity contribution in [1.29, 1.82) is 5.26 Å². The van der Waals surface area contributed by atoms with Crippen LogP contribution in [0.2, 0.25) is 0 Å². The van der Waals surface area contributed by atoms with Crippen molar-refractivity contribution in [3.05, 3.63) is 83.4 Å². The summed E-state index contributed by atoms with van der Waals surface area (Å²) in [6, 6.07) is 22.2. The van der Waals surface area contributed by atoms with E-state index in [9.17, 15) is 10.1 Å². The monoisotopic (exact) mass is 431 g/mol. The first-order chi connectivity index (χ1) is 15.6. The van der Waals surface area contributed by atoms with E-state index in [-0.39, 0.29) is 12.2 Å². The van der Waals surface area contributed by atoms with Crippen LogP contribution in [0.25, 0.3) is 0 Å². The lowest BCUT2D eigenvalue weighted by Gasteiger charge is -2.14. The Morgan fingerprint density at radius 1 is 0.844 bits per heavy atom. The zero-order valence-electron chi connectivity index (χ0n) is 18.3. The molecule has 0 saturated heterocycles. The van der Waals surface area contributed by atoms with Crippen molar-refractivity contribution in [2.45, 2.75) is 18.9 Å². The number of hydrogen-bond acceptors (Lipinski definition) is 6. The standard InChI is InChI=1S/C26H25NO5/c1-29-23-11-9-19(14-25(23)31-3)21(16-27)13-22(28)20-10-12-24(30-2)26(15-20)32-17-18-7-5-4-6-8-18/h4-12,14-15,21H,13,17H2,1-3H3/t21-/m0/s1. The predicted molar refractivity (Wildman–Crippen MR) is 121 cm³/mol. The lowest BCUT2D eigenvalue weighted by atomic mass is 9.92. The third-order valence-electron chi connectivity index (χ3n) is 5.08. The van der Waals surface area contributed by atoms with Gasteiger partial charge in [0.25, 0.3) is 0 Å². The molecular weight excluding hydrogens is 406 g/mol. The number of methoxy groups -OCH3 is 3. The van der Waals surface area contributed by atoms with Gasteiger partial charge in [-0.2, -0.15) is 5.26 Å². The van der Waals surface area contributed by atoms with Crippen LogP contribution in [0.3, 0.4) is 0 Å². The van der Waals surface area contributed by atoms with Gasteiger partial charge < -0.3 is 18.9 Å². The number of ketones is 1. The van der Waals surface area contributed by atoms with Crippen LogP contribution in [0, 0.1) is 11.3 Å². The fourth-order valence-corrected chi connectivity index (χ4v) is 3.31. The highest BCUT2D eigenvalue weighted by Gasteiger charge is 2.20. The number of carbonyl (C=O) groups is 1. The lowest BCUT2D eigenvalue weighted by molar-refractivity contribution is 0.0978. The van der Waals surface area contributed by atoms with E-state index < -0.39 is 5.92 Å². The Hall–Kier alpha value is -3.98. The number of hydrogen-bond donors (Lipinski definition) is 0. The van der Waals surface area contributed by atoms with Gasteiger partial charge in [0.15, 0.2) is 28.8 Å². The summed E-state index contributed by atoms with van der Waals surface area (Å²) in [5.74, 6) is 1.29. The summed E-state index contributed by atoms with van der Waals surface area (Å²) >= 11 is 0. The summed E-state index contributed by atoms with van der Waals surface area (Å²) < 4.78 is 21.8. The third-order valence-corrected chi connectivity index (χ3v) is 5.08. The summed E-state index contributed by atoms with van der Waals surface area (Å²) in [7, 11) is 4.63. The number of Topliss-reactive ketones (excluding diaryl/α,β-unsaturated/α-hetero) is 1. The fourth-order valence-electron chi connectivity index (χ4n) is 3.31. The van der Waals surface area contributed by atoms with Gasteiger partial charge in [0.05, 0.1) is 33.3 Å². The second-order valence-electron chi connectivity index (χ2n) is 7.06. The van der Waals surface area contributed by atoms with Gasteiger partial charge in [0.1, 0.15) is 6.61 Å². The van der Waals surface area contributed by atoms with Crippen molar-refractivity contribution >= 4 is 5.78 Å². The first-order valence-electron chi connectivity index (χ1n) is 10.1. The van der Waals surface area contributed by atoms with Crippen LogP contribution in [-0.4, -0.2) is 27.1 Å². The van der Waals surface area contributed by atoms with Crippen LogP contribution in [0.15, 0.2) is 66.7 Å². The molecule has 3 aromatic rings. The molecule has 0 aromatic heterocycles. The van der Waals surface area contributed by atoms with Crippen LogP contribution >= 0.6 is 0 Å². The fraction of sp³-hybridized carbons (Fsp3) is 0.231. The van der Waals surface area contributed by atoms with E-state index in [0.29, 0.717) is 40.7 Å². The van der Waals surface area contributed by atoms with Gasteiger partial charge in [-0.25, -0.2) is 0 Å². The first kappa shape index (κ1) is 22.7. The molecule has 0 spiro atoms. The van der Waals surface area contributed by atoms with Gasteiger partial charge in [0, 0.05) is 12.0 Å². The van der Waals surface area contributed by atoms with Crippen LogP contribution in [0.5, 0.6) is 23.0 Å². The minimum absolute atomic E-state index is 0.0242. The van der Waals surface area contributed by atoms with E-state index in [2.05, 4.69) is 6.07 Å². The van der Waals surface area contributed by atoms with E-state index in [0.717, 1.165) is 5.56 Å². The van der Waals surface area contributed by atoms with Crippen molar-refractivity contribution in [1.82, 2.24) is 0 Å². The molecule has 0 aliphatic heterocycles. The van der Waals surface area contributed by atoms with Crippen molar-refractivity contribution in [2.24, 2.45) is 0 Å². The minimum Gasteiger partial charge on any atom is -0.493 e. The van der Waals surface area contributed by atoms with Gasteiger partial charge in [0.2, 0.25) is 0 Å². The highest BCUT2D eigenvalue weighted by atomic mass is 16.5. The Labute approximate surface area is 187 Å². The zero-order chi connectivity index (χ0) is 22.9. The largest absolute Gasteiger partial charge is 0.493 e. The zero-order valence-corrected chi connectivity index (χ0v) is 18.3. The lowest BCUT2D eigenvalue weighted by Crippen LogP contribution is -2.08. The quantitative estimate of drug-likeness (QED) is 0.412. The molecule has 3 rings (SSSR count). The molecule has 0 heterocycles. The number of nitrogens with zero attached hydrogens (tertiary/aromatic N) is 1. The minimum atomic E-state index is -0.627. The summed E-state index contributed by atoms with van der Waals surface area (Å²) in [6.45, 7) is 0.349. The van der Waals surface area contributed by atoms with E-state index in [1.54, 1.807) is 50.6 Å². The van der Waals surface area contributed by atoms with E-state index in [1.807, 2.05) is 30.3 Å². The number of carbonyl (C=O) groups excluding carboxylic acids is 1. The second kappa shape index (κ2) is 10.9. The van der Waals surface area contributed by atoms with E-state index >= 15 is 0 Å². The topological polar surface area (TPSA) is 77.8 Å². The molecule has 1 atom stereocenters. The van der Waals surface area contributed by atoms with Crippen LogP contribution < -0.4 is 18.9 Å². The van der Waals surface area contributed by atoms with Gasteiger partial charge in [-0.05, 0) is 41.5 Å². The maximum absolute atomic E-state index is 13.0. The molecule has 6 nitrogen and oxygen atoms in total. The van der Waals surface area contributed by atoms with E-state index in [1.165, 1.54) is 7.11 Å². The molecule has 0 N–H and O–H groups in total. The molecule has 0 radical (unpaired) electrons. The normalized spacial score (nSPS) is 11.2. The van der Waals surface area contributed by atoms with Crippen LogP contribution in [-0.2, 0) is 6.61 Å². The van der Waals surface area contributed by atoms with Crippen molar-refractivity contribution in [2.75, 3.05) is 21.3 Å². The Morgan fingerprint density at radius 2 is 1.50 bits per heavy atom. The first-order valence-corrected chi connectivity index (χ1v) is 10.1. The maximum atomic E-state index is 13.0. The Morgan fingerprint density at radius 3 is 2.16 bits per heavy atom. The average Bonchev–Trinajstić information content (AvgIpc) is 2.85. The molecule has 0 bridgehead atoms. The van der Waals surface area contributed by atoms with Crippen molar-refractivity contribution in [3.8, 4) is 29.1 Å². The Kier molecular flexibility index (Phi) is 7.71. The Bertz CT molecular complexity index is 1100. The molecule has 6 heteroatoms. The molecule has 0 aliphatic rings. The van der Waals surface area contributed by atoms with Gasteiger partial charge in [-0.3, -0.25) is 4.79 Å². The number of ether oxygens (including phenoxy) is 4. The highest BCUT2D eigenvalue weighted by molar-refractivity contribution is 5.97. The highest BCUT2D eigenvalue weighted by Crippen LogP contribution is 2.33. The predicted octanol–water partition coefficient (Wildman–Crippen LogP) is 5.17. The molecule has 164 valence electrons. The molecule has 0 aliphatic carbocycles. The Balaban J connectivity index is 1.78. The SMILES string of the molecule is COc1ccc([C@H](C#N)CC(=O)c2ccc(OC)c(OCc3ccccc3)c2)cc1OC. The van der Waals surface area contributed by atoms with Crippen LogP contribution in [0.1, 0.15) is 33.8 Å². The van der Waals surface area contributed by atoms with Crippen molar-refractivity contribution < 1.29 is 23.7 Å². The summed E-state index contributed by atoms with van der Waals surface area (Å²) in [5.41, 5.74) is 2.14. The second-order valence-corrected chi connectivity index (χ2v) is 7.06. The number of benzene rings is 3. The van der Waals surface area contributed by atoms with Crippen LogP contribution in [0.4, 0.5) is 0 Å². The van der Waals surface area contributed by atoms with Crippen molar-refractivity contribution in [3.63, 3.8) is 0 Å². The average molecular weight is 431 g/mol. The number of rotatable bonds is 10. The van der Waals surface area contributed by atoms with E-state index in [4.69, 9.17) is 18.9 Å². The molecule has 3 aromatic carbocycles. The maximum Gasteiger partial charge on any atom is 0.164 e. The summed E-state index contributed by atoms with van der Waals surface area (Å²) in [4.78, 5) is 13.0. The van der Waals surface area contributed by atoms with Gasteiger partial charge in [-0.1, -0.05) is 36.4 Å². The van der Waals surface area contributed by atoms with Gasteiger partial charge >= 0.3 is 0 Å². The molecule has 0 fully saturated rings. The molecule has 0 unspecified atom stereocenters. The molecular formula is C26H25NO5. The molecule has 32 heavy (non-hydrogen) atoms.